The minimum atomic E-state index is -0.442. The molecule has 7 heteroatoms. The first-order valence-electron chi connectivity index (χ1n) is 9.73. The van der Waals surface area contributed by atoms with E-state index in [2.05, 4.69) is 21.5 Å². The van der Waals surface area contributed by atoms with E-state index in [4.69, 9.17) is 4.74 Å². The van der Waals surface area contributed by atoms with E-state index >= 15 is 0 Å². The van der Waals surface area contributed by atoms with E-state index in [0.29, 0.717) is 12.5 Å². The molecule has 0 spiro atoms. The number of hydrogen-bond acceptors (Lipinski definition) is 4. The maximum atomic E-state index is 12.3. The second kappa shape index (κ2) is 11.6. The summed E-state index contributed by atoms with van der Waals surface area (Å²) in [5, 5.41) is 3.46. The number of carbonyl (C=O) groups is 1. The van der Waals surface area contributed by atoms with Crippen LogP contribution in [0.25, 0.3) is 0 Å². The molecule has 1 rings (SSSR count). The predicted octanol–water partition coefficient (Wildman–Crippen LogP) is 3.28. The number of nitrogens with one attached hydrogen (secondary N) is 1. The van der Waals surface area contributed by atoms with Crippen LogP contribution < -0.4 is 5.32 Å². The van der Waals surface area contributed by atoms with Crippen LogP contribution in [0, 0.1) is 5.92 Å². The Morgan fingerprint density at radius 1 is 1.35 bits per heavy atom. The van der Waals surface area contributed by atoms with Crippen molar-refractivity contribution in [1.82, 2.24) is 15.1 Å². The summed E-state index contributed by atoms with van der Waals surface area (Å²) in [5.74, 6) is 2.70. The van der Waals surface area contributed by atoms with Gasteiger partial charge in [-0.3, -0.25) is 4.99 Å². The highest BCUT2D eigenvalue weighted by Crippen LogP contribution is 2.20. The van der Waals surface area contributed by atoms with E-state index in [-0.39, 0.29) is 6.09 Å². The van der Waals surface area contributed by atoms with Gasteiger partial charge >= 0.3 is 6.09 Å². The van der Waals surface area contributed by atoms with Crippen molar-refractivity contribution in [2.45, 2.75) is 52.6 Å². The van der Waals surface area contributed by atoms with Crippen molar-refractivity contribution < 1.29 is 9.53 Å². The molecule has 1 amide bonds. The fraction of sp³-hybridized carbons (Fsp3) is 0.895. The van der Waals surface area contributed by atoms with Crippen molar-refractivity contribution in [2.24, 2.45) is 10.9 Å². The van der Waals surface area contributed by atoms with Crippen molar-refractivity contribution in [3.63, 3.8) is 0 Å². The maximum Gasteiger partial charge on any atom is 0.410 e. The molecule has 1 aliphatic rings. The molecule has 0 radical (unpaired) electrons. The normalized spacial score (nSPS) is 16.5. The summed E-state index contributed by atoms with van der Waals surface area (Å²) in [6, 6.07) is 0. The van der Waals surface area contributed by atoms with E-state index in [1.54, 1.807) is 0 Å². The summed E-state index contributed by atoms with van der Waals surface area (Å²) in [4.78, 5) is 20.9. The van der Waals surface area contributed by atoms with Gasteiger partial charge in [-0.05, 0) is 64.9 Å². The van der Waals surface area contributed by atoms with Crippen molar-refractivity contribution >= 4 is 23.8 Å². The molecular weight excluding hydrogens is 348 g/mol. The zero-order valence-electron chi connectivity index (χ0n) is 17.5. The summed E-state index contributed by atoms with van der Waals surface area (Å²) < 4.78 is 5.52. The minimum Gasteiger partial charge on any atom is -0.444 e. The molecular formula is C19H38N4O2S. The van der Waals surface area contributed by atoms with Gasteiger partial charge < -0.3 is 19.9 Å². The van der Waals surface area contributed by atoms with Crippen molar-refractivity contribution in [3.05, 3.63) is 0 Å². The third kappa shape index (κ3) is 8.52. The van der Waals surface area contributed by atoms with Crippen LogP contribution in [-0.4, -0.2) is 79.2 Å². The number of likely N-dealkylation sites (tertiary alicyclic amines) is 1. The van der Waals surface area contributed by atoms with Gasteiger partial charge in [0.05, 0.1) is 0 Å². The van der Waals surface area contributed by atoms with Crippen LogP contribution in [0.2, 0.25) is 0 Å². The highest BCUT2D eigenvalue weighted by Gasteiger charge is 2.27. The third-order valence-corrected chi connectivity index (χ3v) is 5.14. The number of rotatable bonds is 7. The Bertz CT molecular complexity index is 443. The van der Waals surface area contributed by atoms with Gasteiger partial charge in [0.1, 0.15) is 5.60 Å². The highest BCUT2D eigenvalue weighted by molar-refractivity contribution is 7.98. The van der Waals surface area contributed by atoms with E-state index in [1.165, 1.54) is 5.75 Å². The van der Waals surface area contributed by atoms with Crippen molar-refractivity contribution in [3.8, 4) is 0 Å². The molecule has 0 aliphatic carbocycles. The Labute approximate surface area is 164 Å². The summed E-state index contributed by atoms with van der Waals surface area (Å²) in [7, 11) is 1.85. The molecule has 1 fully saturated rings. The molecule has 0 saturated carbocycles. The quantitative estimate of drug-likeness (QED) is 0.413. The Balaban J connectivity index is 2.43. The molecule has 0 unspecified atom stereocenters. The standard InChI is InChI=1S/C19H38N4O2S/c1-7-22(18(24)25-19(2,3)4)15-16-9-12-23(13-10-16)17(20-5)21-11-8-14-26-6/h16H,7-15H2,1-6H3,(H,20,21). The molecule has 152 valence electrons. The van der Waals surface area contributed by atoms with Gasteiger partial charge in [0.25, 0.3) is 0 Å². The molecule has 0 atom stereocenters. The zero-order valence-corrected chi connectivity index (χ0v) is 18.3. The second-order valence-electron chi connectivity index (χ2n) is 7.77. The first kappa shape index (κ1) is 22.9. The van der Waals surface area contributed by atoms with Crippen LogP contribution in [0.5, 0.6) is 0 Å². The van der Waals surface area contributed by atoms with Crippen LogP contribution >= 0.6 is 11.8 Å². The lowest BCUT2D eigenvalue weighted by Crippen LogP contribution is -2.48. The summed E-state index contributed by atoms with van der Waals surface area (Å²) >= 11 is 1.87. The Hall–Kier alpha value is -1.11. The molecule has 1 saturated heterocycles. The van der Waals surface area contributed by atoms with E-state index in [0.717, 1.165) is 51.4 Å². The molecule has 1 aliphatic heterocycles. The maximum absolute atomic E-state index is 12.3. The summed E-state index contributed by atoms with van der Waals surface area (Å²) in [6.07, 6.45) is 5.23. The molecule has 0 bridgehead atoms. The SMILES string of the molecule is CCN(CC1CCN(C(=NC)NCCCSC)CC1)C(=O)OC(C)(C)C. The molecule has 0 aromatic heterocycles. The number of hydrogen-bond donors (Lipinski definition) is 1. The van der Waals surface area contributed by atoms with Crippen molar-refractivity contribution in [1.29, 1.82) is 0 Å². The van der Waals surface area contributed by atoms with Crippen LogP contribution in [0.4, 0.5) is 4.79 Å². The molecule has 1 heterocycles. The largest absolute Gasteiger partial charge is 0.444 e. The minimum absolute atomic E-state index is 0.200. The number of aliphatic imine (C=N–C) groups is 1. The van der Waals surface area contributed by atoms with Crippen LogP contribution in [0.15, 0.2) is 4.99 Å². The average Bonchev–Trinajstić information content (AvgIpc) is 2.59. The number of amides is 1. The Kier molecular flexibility index (Phi) is 10.2. The predicted molar refractivity (Wildman–Crippen MR) is 112 cm³/mol. The number of ether oxygens (including phenoxy) is 1. The first-order chi connectivity index (χ1) is 12.3. The number of thioether (sulfide) groups is 1. The Morgan fingerprint density at radius 3 is 2.50 bits per heavy atom. The zero-order chi connectivity index (χ0) is 19.6. The fourth-order valence-electron chi connectivity index (χ4n) is 3.05. The van der Waals surface area contributed by atoms with Crippen molar-refractivity contribution in [2.75, 3.05) is 51.8 Å². The fourth-order valence-corrected chi connectivity index (χ4v) is 3.48. The van der Waals surface area contributed by atoms with Gasteiger partial charge in [0.2, 0.25) is 0 Å². The topological polar surface area (TPSA) is 57.2 Å². The summed E-state index contributed by atoms with van der Waals surface area (Å²) in [6.45, 7) is 12.2. The average molecular weight is 387 g/mol. The van der Waals surface area contributed by atoms with Gasteiger partial charge in [-0.25, -0.2) is 4.79 Å². The van der Waals surface area contributed by atoms with Gasteiger partial charge in [0, 0.05) is 39.8 Å². The van der Waals surface area contributed by atoms with Gasteiger partial charge in [-0.2, -0.15) is 11.8 Å². The van der Waals surface area contributed by atoms with Crippen LogP contribution in [0.3, 0.4) is 0 Å². The second-order valence-corrected chi connectivity index (χ2v) is 8.76. The van der Waals surface area contributed by atoms with Gasteiger partial charge in [0.15, 0.2) is 5.96 Å². The molecule has 1 N–H and O–H groups in total. The highest BCUT2D eigenvalue weighted by atomic mass is 32.2. The number of guanidine groups is 1. The van der Waals surface area contributed by atoms with Crippen LogP contribution in [0.1, 0.15) is 47.0 Å². The number of piperidine rings is 1. The first-order valence-corrected chi connectivity index (χ1v) is 11.1. The lowest BCUT2D eigenvalue weighted by atomic mass is 9.96. The lowest BCUT2D eigenvalue weighted by molar-refractivity contribution is 0.0214. The van der Waals surface area contributed by atoms with Crippen LogP contribution in [-0.2, 0) is 4.74 Å². The van der Waals surface area contributed by atoms with E-state index in [9.17, 15) is 4.79 Å². The smallest absolute Gasteiger partial charge is 0.410 e. The van der Waals surface area contributed by atoms with E-state index < -0.39 is 5.60 Å². The molecule has 6 nitrogen and oxygen atoms in total. The number of nitrogens with zero attached hydrogens (tertiary/aromatic N) is 3. The molecule has 0 aromatic rings. The van der Waals surface area contributed by atoms with E-state index in [1.807, 2.05) is 51.4 Å². The van der Waals surface area contributed by atoms with Gasteiger partial charge in [-0.15, -0.1) is 0 Å². The lowest BCUT2D eigenvalue weighted by Gasteiger charge is -2.36. The molecule has 0 aromatic carbocycles. The molecule has 26 heavy (non-hydrogen) atoms. The monoisotopic (exact) mass is 386 g/mol. The third-order valence-electron chi connectivity index (χ3n) is 4.45. The number of carbonyl (C=O) groups excluding carboxylic acids is 1. The Morgan fingerprint density at radius 2 is 2.00 bits per heavy atom. The van der Waals surface area contributed by atoms with Gasteiger partial charge in [-0.1, -0.05) is 0 Å². The summed E-state index contributed by atoms with van der Waals surface area (Å²) in [5.41, 5.74) is -0.442.